The molecule has 1 fully saturated rings. The van der Waals surface area contributed by atoms with E-state index >= 15 is 0 Å². The molecule has 1 aliphatic heterocycles. The van der Waals surface area contributed by atoms with Crippen LogP contribution in [0, 0.1) is 0 Å². The summed E-state index contributed by atoms with van der Waals surface area (Å²) in [5, 5.41) is 0. The van der Waals surface area contributed by atoms with Gasteiger partial charge in [0.25, 0.3) is 0 Å². The van der Waals surface area contributed by atoms with Gasteiger partial charge in [-0.2, -0.15) is 0 Å². The molecule has 1 saturated heterocycles. The van der Waals surface area contributed by atoms with E-state index in [1.165, 1.54) is 0 Å². The zero-order valence-corrected chi connectivity index (χ0v) is 7.71. The van der Waals surface area contributed by atoms with E-state index in [1.54, 1.807) is 0 Å². The van der Waals surface area contributed by atoms with Crippen molar-refractivity contribution in [2.75, 3.05) is 13.1 Å². The molecule has 1 rings (SSSR count). The van der Waals surface area contributed by atoms with Crippen LogP contribution in [0.2, 0.25) is 0 Å². The molecule has 0 aromatic heterocycles. The van der Waals surface area contributed by atoms with Gasteiger partial charge in [0.1, 0.15) is 5.54 Å². The van der Waals surface area contributed by atoms with Crippen molar-refractivity contribution in [1.29, 1.82) is 0 Å². The molecule has 0 bridgehead atoms. The summed E-state index contributed by atoms with van der Waals surface area (Å²) in [6, 6.07) is 0.440. The summed E-state index contributed by atoms with van der Waals surface area (Å²) in [4.78, 5) is 13.1. The molecular weight excluding hydrogens is 154 g/mol. The number of hydrogen-bond acceptors (Lipinski definition) is 3. The van der Waals surface area contributed by atoms with Crippen LogP contribution in [0.1, 0.15) is 20.3 Å². The quantitative estimate of drug-likeness (QED) is 0.576. The molecule has 12 heavy (non-hydrogen) atoms. The lowest BCUT2D eigenvalue weighted by atomic mass is 10.00. The highest BCUT2D eigenvalue weighted by atomic mass is 16.1. The molecule has 1 aliphatic rings. The minimum absolute atomic E-state index is 0.384. The minimum Gasteiger partial charge on any atom is -0.368 e. The zero-order valence-electron chi connectivity index (χ0n) is 7.71. The van der Waals surface area contributed by atoms with E-state index in [0.717, 1.165) is 6.54 Å². The first kappa shape index (κ1) is 9.48. The van der Waals surface area contributed by atoms with Crippen molar-refractivity contribution in [3.05, 3.63) is 0 Å². The van der Waals surface area contributed by atoms with Gasteiger partial charge in [-0.3, -0.25) is 9.69 Å². The third kappa shape index (κ3) is 1.59. The van der Waals surface area contributed by atoms with Crippen LogP contribution in [0.3, 0.4) is 0 Å². The minimum atomic E-state index is -0.787. The summed E-state index contributed by atoms with van der Waals surface area (Å²) < 4.78 is 0. The summed E-state index contributed by atoms with van der Waals surface area (Å²) in [5.74, 6) is -0.384. The SMILES string of the molecule is CC(C)N1CCC(N)(C(N)=O)C1. The molecule has 4 heteroatoms. The van der Waals surface area contributed by atoms with E-state index in [4.69, 9.17) is 11.5 Å². The predicted molar refractivity (Wildman–Crippen MR) is 47.4 cm³/mol. The van der Waals surface area contributed by atoms with Gasteiger partial charge < -0.3 is 11.5 Å². The first-order chi connectivity index (χ1) is 5.46. The second-order valence-corrected chi connectivity index (χ2v) is 3.83. The molecule has 1 unspecified atom stereocenters. The lowest BCUT2D eigenvalue weighted by Crippen LogP contribution is -2.54. The van der Waals surface area contributed by atoms with Gasteiger partial charge in [0.05, 0.1) is 0 Å². The van der Waals surface area contributed by atoms with Crippen LogP contribution in [0.15, 0.2) is 0 Å². The fourth-order valence-electron chi connectivity index (χ4n) is 1.51. The average Bonchev–Trinajstić information content (AvgIpc) is 2.33. The van der Waals surface area contributed by atoms with Crippen molar-refractivity contribution in [2.45, 2.75) is 31.8 Å². The molecule has 1 heterocycles. The third-order valence-corrected chi connectivity index (χ3v) is 2.55. The van der Waals surface area contributed by atoms with E-state index < -0.39 is 5.54 Å². The molecule has 0 saturated carbocycles. The number of carbonyl (C=O) groups excluding carboxylic acids is 1. The standard InChI is InChI=1S/C8H17N3O/c1-6(2)11-4-3-8(10,5-11)7(9)12/h6H,3-5,10H2,1-2H3,(H2,9,12). The topological polar surface area (TPSA) is 72.3 Å². The monoisotopic (exact) mass is 171 g/mol. The first-order valence-electron chi connectivity index (χ1n) is 4.28. The molecule has 0 aliphatic carbocycles. The van der Waals surface area contributed by atoms with Crippen molar-refractivity contribution in [3.8, 4) is 0 Å². The lowest BCUT2D eigenvalue weighted by Gasteiger charge is -2.23. The van der Waals surface area contributed by atoms with Gasteiger partial charge in [-0.1, -0.05) is 0 Å². The number of hydrogen-bond donors (Lipinski definition) is 2. The maximum absolute atomic E-state index is 11.0. The molecule has 70 valence electrons. The molecule has 1 atom stereocenters. The first-order valence-corrected chi connectivity index (χ1v) is 4.28. The van der Waals surface area contributed by atoms with Gasteiger partial charge in [-0.25, -0.2) is 0 Å². The maximum atomic E-state index is 11.0. The van der Waals surface area contributed by atoms with Gasteiger partial charge in [-0.15, -0.1) is 0 Å². The Morgan fingerprint density at radius 2 is 2.17 bits per heavy atom. The van der Waals surface area contributed by atoms with Crippen molar-refractivity contribution >= 4 is 5.91 Å². The molecule has 4 nitrogen and oxygen atoms in total. The summed E-state index contributed by atoms with van der Waals surface area (Å²) in [7, 11) is 0. The largest absolute Gasteiger partial charge is 0.368 e. The third-order valence-electron chi connectivity index (χ3n) is 2.55. The van der Waals surface area contributed by atoms with Crippen LogP contribution in [0.25, 0.3) is 0 Å². The average molecular weight is 171 g/mol. The van der Waals surface area contributed by atoms with E-state index in [1.807, 2.05) is 0 Å². The lowest BCUT2D eigenvalue weighted by molar-refractivity contribution is -0.122. The summed E-state index contributed by atoms with van der Waals surface area (Å²) in [5.41, 5.74) is 10.2. The summed E-state index contributed by atoms with van der Waals surface area (Å²) in [6.45, 7) is 5.65. The van der Waals surface area contributed by atoms with Gasteiger partial charge >= 0.3 is 0 Å². The van der Waals surface area contributed by atoms with Crippen LogP contribution in [-0.4, -0.2) is 35.5 Å². The van der Waals surface area contributed by atoms with E-state index in [-0.39, 0.29) is 5.91 Å². The molecule has 0 spiro atoms. The fraction of sp³-hybridized carbons (Fsp3) is 0.875. The number of nitrogens with zero attached hydrogens (tertiary/aromatic N) is 1. The molecule has 0 radical (unpaired) electrons. The van der Waals surface area contributed by atoms with Crippen LogP contribution >= 0.6 is 0 Å². The van der Waals surface area contributed by atoms with Gasteiger partial charge in [0.15, 0.2) is 0 Å². The van der Waals surface area contributed by atoms with Crippen LogP contribution in [-0.2, 0) is 4.79 Å². The van der Waals surface area contributed by atoms with Crippen LogP contribution in [0.5, 0.6) is 0 Å². The molecule has 4 N–H and O–H groups in total. The number of nitrogens with two attached hydrogens (primary N) is 2. The molecule has 1 amide bonds. The second kappa shape index (κ2) is 3.03. The van der Waals surface area contributed by atoms with E-state index in [0.29, 0.717) is 19.0 Å². The van der Waals surface area contributed by atoms with Crippen molar-refractivity contribution < 1.29 is 4.79 Å². The number of likely N-dealkylation sites (tertiary alicyclic amines) is 1. The fourth-order valence-corrected chi connectivity index (χ4v) is 1.51. The number of carbonyl (C=O) groups is 1. The second-order valence-electron chi connectivity index (χ2n) is 3.83. The van der Waals surface area contributed by atoms with Gasteiger partial charge in [0.2, 0.25) is 5.91 Å². The Kier molecular flexibility index (Phi) is 2.39. The smallest absolute Gasteiger partial charge is 0.238 e. The Hall–Kier alpha value is -0.610. The van der Waals surface area contributed by atoms with Crippen molar-refractivity contribution in [2.24, 2.45) is 11.5 Å². The van der Waals surface area contributed by atoms with Gasteiger partial charge in [0, 0.05) is 19.1 Å². The summed E-state index contributed by atoms with van der Waals surface area (Å²) >= 11 is 0. The van der Waals surface area contributed by atoms with E-state index in [2.05, 4.69) is 18.7 Å². The Balaban J connectivity index is 2.61. The Labute approximate surface area is 72.9 Å². The molecular formula is C8H17N3O. The van der Waals surface area contributed by atoms with Crippen LogP contribution < -0.4 is 11.5 Å². The Morgan fingerprint density at radius 3 is 2.42 bits per heavy atom. The number of amides is 1. The number of primary amides is 1. The van der Waals surface area contributed by atoms with Crippen LogP contribution in [0.4, 0.5) is 0 Å². The van der Waals surface area contributed by atoms with E-state index in [9.17, 15) is 4.79 Å². The van der Waals surface area contributed by atoms with Crippen molar-refractivity contribution in [1.82, 2.24) is 4.90 Å². The molecule has 0 aromatic rings. The summed E-state index contributed by atoms with van der Waals surface area (Å²) in [6.07, 6.45) is 0.681. The highest BCUT2D eigenvalue weighted by Crippen LogP contribution is 2.19. The Bertz CT molecular complexity index is 193. The highest BCUT2D eigenvalue weighted by Gasteiger charge is 2.40. The Morgan fingerprint density at radius 1 is 1.58 bits per heavy atom. The predicted octanol–water partition coefficient (Wildman–Crippen LogP) is -0.717. The molecule has 0 aromatic carbocycles. The maximum Gasteiger partial charge on any atom is 0.238 e. The van der Waals surface area contributed by atoms with Crippen molar-refractivity contribution in [3.63, 3.8) is 0 Å². The normalized spacial score (nSPS) is 31.3. The zero-order chi connectivity index (χ0) is 9.35. The number of rotatable bonds is 2. The highest BCUT2D eigenvalue weighted by molar-refractivity contribution is 5.85. The van der Waals surface area contributed by atoms with Gasteiger partial charge in [-0.05, 0) is 20.3 Å².